The number of piperidine rings is 1. The van der Waals surface area contributed by atoms with Crippen molar-refractivity contribution in [2.24, 2.45) is 0 Å². The van der Waals surface area contributed by atoms with E-state index in [-0.39, 0.29) is 53.7 Å². The van der Waals surface area contributed by atoms with Gasteiger partial charge in [0.15, 0.2) is 6.61 Å². The first-order valence-corrected chi connectivity index (χ1v) is 10.3. The zero-order chi connectivity index (χ0) is 21.8. The molecule has 8 nitrogen and oxygen atoms in total. The molecule has 0 radical (unpaired) electrons. The minimum atomic E-state index is -0.693. The van der Waals surface area contributed by atoms with E-state index in [0.29, 0.717) is 13.0 Å². The number of nitrogens with zero attached hydrogens (tertiary/aromatic N) is 2. The minimum absolute atomic E-state index is 0.118. The summed E-state index contributed by atoms with van der Waals surface area (Å²) in [6.07, 6.45) is 3.49. The number of fused-ring (bicyclic) bond motifs is 1. The summed E-state index contributed by atoms with van der Waals surface area (Å²) < 4.78 is 10.2. The van der Waals surface area contributed by atoms with Crippen LogP contribution in [-0.4, -0.2) is 72.4 Å². The zero-order valence-electron chi connectivity index (χ0n) is 17.7. The lowest BCUT2D eigenvalue weighted by Gasteiger charge is -2.38. The van der Waals surface area contributed by atoms with Crippen molar-refractivity contribution in [2.45, 2.75) is 51.6 Å². The Hall–Kier alpha value is -2.74. The van der Waals surface area contributed by atoms with Crippen LogP contribution in [0.4, 0.5) is 0 Å². The molecule has 2 atom stereocenters. The highest BCUT2D eigenvalue weighted by atomic mass is 16.5. The quantitative estimate of drug-likeness (QED) is 0.385. The number of likely N-dealkylation sites (tertiary alicyclic amines) is 1. The van der Waals surface area contributed by atoms with Crippen LogP contribution >= 0.6 is 0 Å². The number of hydrogen-bond acceptors (Lipinski definition) is 6. The molecular weight excluding hydrogens is 388 g/mol. The molecule has 8 heteroatoms. The average Bonchev–Trinajstić information content (AvgIpc) is 2.96. The Bertz CT molecular complexity index is 842. The predicted octanol–water partition coefficient (Wildman–Crippen LogP) is 2.27. The van der Waals surface area contributed by atoms with Crippen LogP contribution in [0.5, 0.6) is 0 Å². The number of ether oxygens (including phenoxy) is 2. The first-order chi connectivity index (χ1) is 14.3. The van der Waals surface area contributed by atoms with Crippen molar-refractivity contribution in [3.8, 4) is 0 Å². The van der Waals surface area contributed by atoms with Crippen LogP contribution in [0, 0.1) is 0 Å². The molecule has 0 spiro atoms. The normalized spacial score (nSPS) is 21.0. The Balaban J connectivity index is 1.64. The molecule has 0 aromatic heterocycles. The summed E-state index contributed by atoms with van der Waals surface area (Å²) in [6.45, 7) is 4.34. The lowest BCUT2D eigenvalue weighted by Crippen LogP contribution is -2.49. The van der Waals surface area contributed by atoms with Gasteiger partial charge in [0.1, 0.15) is 0 Å². The monoisotopic (exact) mass is 416 g/mol. The molecule has 1 aromatic carbocycles. The highest BCUT2D eigenvalue weighted by Crippen LogP contribution is 2.25. The van der Waals surface area contributed by atoms with E-state index in [2.05, 4.69) is 0 Å². The maximum absolute atomic E-state index is 12.6. The molecule has 30 heavy (non-hydrogen) atoms. The van der Waals surface area contributed by atoms with Gasteiger partial charge < -0.3 is 14.4 Å². The molecule has 0 N–H and O–H groups in total. The van der Waals surface area contributed by atoms with Gasteiger partial charge >= 0.3 is 5.97 Å². The Morgan fingerprint density at radius 2 is 1.73 bits per heavy atom. The van der Waals surface area contributed by atoms with Gasteiger partial charge in [-0.1, -0.05) is 0 Å². The SMILES string of the molecule is COCCCN1C(=O)c2ccc(C(=O)OCC(=O)N3[C@@H](C)CCC[C@@H]3C)cc2C1=O. The number of methoxy groups -OCH3 is 1. The van der Waals surface area contributed by atoms with Crippen LogP contribution in [0.2, 0.25) is 0 Å². The lowest BCUT2D eigenvalue weighted by molar-refractivity contribution is -0.140. The zero-order valence-corrected chi connectivity index (χ0v) is 17.7. The average molecular weight is 416 g/mol. The van der Waals surface area contributed by atoms with E-state index >= 15 is 0 Å². The number of hydrogen-bond donors (Lipinski definition) is 0. The number of esters is 1. The Morgan fingerprint density at radius 1 is 1.07 bits per heavy atom. The fraction of sp³-hybridized carbons (Fsp3) is 0.545. The molecule has 3 rings (SSSR count). The van der Waals surface area contributed by atoms with Gasteiger partial charge in [-0.15, -0.1) is 0 Å². The second kappa shape index (κ2) is 9.38. The highest BCUT2D eigenvalue weighted by Gasteiger charge is 2.36. The molecular formula is C22H28N2O6. The van der Waals surface area contributed by atoms with E-state index in [9.17, 15) is 19.2 Å². The Kier molecular flexibility index (Phi) is 6.87. The second-order valence-corrected chi connectivity index (χ2v) is 7.87. The molecule has 2 aliphatic heterocycles. The standard InChI is InChI=1S/C22H28N2O6/c1-14-6-4-7-15(2)24(14)19(25)13-30-22(28)16-8-9-17-18(12-16)21(27)23(20(17)26)10-5-11-29-3/h8-9,12,14-15H,4-7,10-11,13H2,1-3H3/t14-,15-/m0/s1. The molecule has 3 amide bonds. The number of carbonyl (C=O) groups excluding carboxylic acids is 4. The fourth-order valence-corrected chi connectivity index (χ4v) is 4.19. The molecule has 0 unspecified atom stereocenters. The van der Waals surface area contributed by atoms with Crippen LogP contribution in [0.15, 0.2) is 18.2 Å². The molecule has 1 aromatic rings. The van der Waals surface area contributed by atoms with Crippen LogP contribution in [0.3, 0.4) is 0 Å². The summed E-state index contributed by atoms with van der Waals surface area (Å²) in [5, 5.41) is 0. The van der Waals surface area contributed by atoms with E-state index < -0.39 is 11.9 Å². The van der Waals surface area contributed by atoms with Gasteiger partial charge in [0.25, 0.3) is 17.7 Å². The third-order valence-electron chi connectivity index (χ3n) is 5.74. The molecule has 1 saturated heterocycles. The van der Waals surface area contributed by atoms with Gasteiger partial charge in [-0.05, 0) is 57.7 Å². The molecule has 162 valence electrons. The number of imide groups is 1. The van der Waals surface area contributed by atoms with Crippen molar-refractivity contribution in [3.63, 3.8) is 0 Å². The van der Waals surface area contributed by atoms with Crippen LogP contribution in [-0.2, 0) is 14.3 Å². The number of carbonyl (C=O) groups is 4. The van der Waals surface area contributed by atoms with Crippen molar-refractivity contribution in [1.29, 1.82) is 0 Å². The summed E-state index contributed by atoms with van der Waals surface area (Å²) in [5.41, 5.74) is 0.582. The minimum Gasteiger partial charge on any atom is -0.452 e. The molecule has 1 fully saturated rings. The predicted molar refractivity (Wildman–Crippen MR) is 108 cm³/mol. The fourth-order valence-electron chi connectivity index (χ4n) is 4.19. The van der Waals surface area contributed by atoms with Gasteiger partial charge in [-0.2, -0.15) is 0 Å². The topological polar surface area (TPSA) is 93.2 Å². The van der Waals surface area contributed by atoms with E-state index in [1.165, 1.54) is 18.2 Å². The van der Waals surface area contributed by atoms with E-state index in [1.54, 1.807) is 12.0 Å². The smallest absolute Gasteiger partial charge is 0.338 e. The Morgan fingerprint density at radius 3 is 2.40 bits per heavy atom. The maximum Gasteiger partial charge on any atom is 0.338 e. The van der Waals surface area contributed by atoms with Crippen LogP contribution in [0.25, 0.3) is 0 Å². The summed E-state index contributed by atoms with van der Waals surface area (Å²) in [4.78, 5) is 52.9. The van der Waals surface area contributed by atoms with Crippen molar-refractivity contribution in [3.05, 3.63) is 34.9 Å². The van der Waals surface area contributed by atoms with Crippen molar-refractivity contribution < 1.29 is 28.7 Å². The van der Waals surface area contributed by atoms with Gasteiger partial charge in [0.2, 0.25) is 0 Å². The van der Waals surface area contributed by atoms with E-state index in [1.807, 2.05) is 13.8 Å². The number of benzene rings is 1. The summed E-state index contributed by atoms with van der Waals surface area (Å²) >= 11 is 0. The van der Waals surface area contributed by atoms with Gasteiger partial charge in [-0.3, -0.25) is 19.3 Å². The largest absolute Gasteiger partial charge is 0.452 e. The van der Waals surface area contributed by atoms with Gasteiger partial charge in [0.05, 0.1) is 16.7 Å². The number of rotatable bonds is 7. The van der Waals surface area contributed by atoms with Gasteiger partial charge in [-0.25, -0.2) is 4.79 Å². The highest BCUT2D eigenvalue weighted by molar-refractivity contribution is 6.22. The summed E-state index contributed by atoms with van der Waals surface area (Å²) in [7, 11) is 1.55. The molecule has 0 bridgehead atoms. The third-order valence-corrected chi connectivity index (χ3v) is 5.74. The summed E-state index contributed by atoms with van der Waals surface area (Å²) in [6, 6.07) is 4.51. The summed E-state index contributed by atoms with van der Waals surface area (Å²) in [5.74, 6) is -1.73. The first kappa shape index (κ1) is 22.0. The van der Waals surface area contributed by atoms with E-state index in [4.69, 9.17) is 9.47 Å². The van der Waals surface area contributed by atoms with Crippen molar-refractivity contribution in [2.75, 3.05) is 26.9 Å². The second-order valence-electron chi connectivity index (χ2n) is 7.87. The molecule has 2 heterocycles. The Labute approximate surface area is 176 Å². The molecule has 0 saturated carbocycles. The van der Waals surface area contributed by atoms with Crippen molar-refractivity contribution in [1.82, 2.24) is 9.80 Å². The molecule has 2 aliphatic rings. The van der Waals surface area contributed by atoms with Crippen LogP contribution in [0.1, 0.15) is 70.6 Å². The maximum atomic E-state index is 12.6. The lowest BCUT2D eigenvalue weighted by atomic mass is 9.97. The first-order valence-electron chi connectivity index (χ1n) is 10.3. The van der Waals surface area contributed by atoms with E-state index in [0.717, 1.165) is 24.2 Å². The van der Waals surface area contributed by atoms with Gasteiger partial charge in [0, 0.05) is 32.3 Å². The third kappa shape index (κ3) is 4.38. The number of amides is 3. The van der Waals surface area contributed by atoms with Crippen LogP contribution < -0.4 is 0 Å². The van der Waals surface area contributed by atoms with Crippen molar-refractivity contribution >= 4 is 23.7 Å². The molecule has 0 aliphatic carbocycles.